The highest BCUT2D eigenvalue weighted by atomic mass is 19.4. The van der Waals surface area contributed by atoms with Gasteiger partial charge in [0, 0.05) is 18.6 Å². The fourth-order valence-electron chi connectivity index (χ4n) is 2.56. The molecule has 0 aliphatic heterocycles. The molecule has 112 valence electrons. The predicted molar refractivity (Wildman–Crippen MR) is 70.1 cm³/mol. The Morgan fingerprint density at radius 3 is 2.70 bits per heavy atom. The number of aromatic nitrogens is 1. The molecule has 0 saturated heterocycles. The zero-order valence-electron chi connectivity index (χ0n) is 11.0. The number of hydrogen-bond acceptors (Lipinski definition) is 4. The van der Waals surface area contributed by atoms with Crippen molar-refractivity contribution in [2.45, 2.75) is 37.9 Å². The highest BCUT2D eigenvalue weighted by Gasteiger charge is 2.33. The lowest BCUT2D eigenvalue weighted by Gasteiger charge is -2.32. The van der Waals surface area contributed by atoms with Crippen LogP contribution >= 0.6 is 0 Å². The minimum atomic E-state index is -4.49. The standard InChI is InChI=1S/C13H18F3N3O/c14-13(15,16)12-5-11(9(17)6-18-12)19-10-4-2-1-3-8(10)7-20/h5-6,8,10,20H,1-4,7,17H2,(H,18,19). The Morgan fingerprint density at radius 2 is 2.05 bits per heavy atom. The van der Waals surface area contributed by atoms with Gasteiger partial charge < -0.3 is 16.2 Å². The average Bonchev–Trinajstić information content (AvgIpc) is 2.40. The summed E-state index contributed by atoms with van der Waals surface area (Å²) in [6.45, 7) is 0.0226. The second-order valence-corrected chi connectivity index (χ2v) is 5.13. The Hall–Kier alpha value is -1.50. The molecule has 4 nitrogen and oxygen atoms in total. The Morgan fingerprint density at radius 1 is 1.35 bits per heavy atom. The van der Waals surface area contributed by atoms with E-state index in [1.165, 1.54) is 0 Å². The third kappa shape index (κ3) is 3.33. The van der Waals surface area contributed by atoms with E-state index in [4.69, 9.17) is 5.73 Å². The molecule has 2 atom stereocenters. The number of anilines is 2. The van der Waals surface area contributed by atoms with E-state index in [0.29, 0.717) is 0 Å². The molecule has 1 aliphatic rings. The summed E-state index contributed by atoms with van der Waals surface area (Å²) in [5, 5.41) is 12.4. The minimum Gasteiger partial charge on any atom is -0.396 e. The summed E-state index contributed by atoms with van der Waals surface area (Å²) in [6.07, 6.45) is 0.225. The number of aliphatic hydroxyl groups excluding tert-OH is 1. The first-order valence-corrected chi connectivity index (χ1v) is 6.62. The summed E-state index contributed by atoms with van der Waals surface area (Å²) < 4.78 is 37.9. The molecule has 7 heteroatoms. The van der Waals surface area contributed by atoms with Crippen LogP contribution in [0.25, 0.3) is 0 Å². The van der Waals surface area contributed by atoms with Crippen LogP contribution in [-0.4, -0.2) is 22.7 Å². The molecule has 1 fully saturated rings. The van der Waals surface area contributed by atoms with E-state index in [1.807, 2.05) is 0 Å². The van der Waals surface area contributed by atoms with E-state index in [1.54, 1.807) is 0 Å². The van der Waals surface area contributed by atoms with Crippen LogP contribution in [0, 0.1) is 5.92 Å². The highest BCUT2D eigenvalue weighted by molar-refractivity contribution is 5.66. The number of pyridine rings is 1. The number of nitrogens with one attached hydrogen (secondary N) is 1. The molecule has 0 bridgehead atoms. The minimum absolute atomic E-state index is 0.0226. The zero-order chi connectivity index (χ0) is 14.8. The van der Waals surface area contributed by atoms with Crippen LogP contribution in [0.3, 0.4) is 0 Å². The van der Waals surface area contributed by atoms with E-state index < -0.39 is 11.9 Å². The van der Waals surface area contributed by atoms with Gasteiger partial charge in [0.25, 0.3) is 0 Å². The number of nitrogens with zero attached hydrogens (tertiary/aromatic N) is 1. The van der Waals surface area contributed by atoms with Gasteiger partial charge in [-0.3, -0.25) is 0 Å². The lowest BCUT2D eigenvalue weighted by atomic mass is 9.85. The number of nitrogen functional groups attached to an aromatic ring is 1. The van der Waals surface area contributed by atoms with E-state index in [0.717, 1.165) is 37.9 Å². The monoisotopic (exact) mass is 289 g/mol. The van der Waals surface area contributed by atoms with E-state index in [9.17, 15) is 18.3 Å². The van der Waals surface area contributed by atoms with Gasteiger partial charge in [0.05, 0.1) is 17.6 Å². The van der Waals surface area contributed by atoms with Crippen LogP contribution in [0.4, 0.5) is 24.5 Å². The average molecular weight is 289 g/mol. The van der Waals surface area contributed by atoms with Crippen molar-refractivity contribution in [2.24, 2.45) is 5.92 Å². The normalized spacial score (nSPS) is 23.6. The zero-order valence-corrected chi connectivity index (χ0v) is 11.0. The molecule has 4 N–H and O–H groups in total. The van der Waals surface area contributed by atoms with Crippen molar-refractivity contribution in [3.63, 3.8) is 0 Å². The second kappa shape index (κ2) is 5.87. The lowest BCUT2D eigenvalue weighted by Crippen LogP contribution is -2.34. The van der Waals surface area contributed by atoms with Crippen molar-refractivity contribution < 1.29 is 18.3 Å². The van der Waals surface area contributed by atoms with Gasteiger partial charge in [-0.2, -0.15) is 13.2 Å². The first kappa shape index (κ1) is 14.9. The van der Waals surface area contributed by atoms with Gasteiger partial charge in [0.15, 0.2) is 0 Å². The van der Waals surface area contributed by atoms with Crippen LogP contribution in [0.5, 0.6) is 0 Å². The molecular formula is C13H18F3N3O. The van der Waals surface area contributed by atoms with Gasteiger partial charge in [-0.25, -0.2) is 4.98 Å². The molecule has 1 aromatic heterocycles. The number of halogens is 3. The number of hydrogen-bond donors (Lipinski definition) is 3. The van der Waals surface area contributed by atoms with Crippen molar-refractivity contribution >= 4 is 11.4 Å². The first-order chi connectivity index (χ1) is 9.41. The summed E-state index contributed by atoms with van der Waals surface area (Å²) in [5.41, 5.74) is 5.13. The number of nitrogens with two attached hydrogens (primary N) is 1. The van der Waals surface area contributed by atoms with Gasteiger partial charge in [-0.1, -0.05) is 12.8 Å². The molecule has 0 radical (unpaired) electrons. The van der Waals surface area contributed by atoms with Crippen molar-refractivity contribution in [2.75, 3.05) is 17.7 Å². The van der Waals surface area contributed by atoms with E-state index in [2.05, 4.69) is 10.3 Å². The summed E-state index contributed by atoms with van der Waals surface area (Å²) in [6, 6.07) is 0.873. The summed E-state index contributed by atoms with van der Waals surface area (Å²) in [7, 11) is 0. The molecule has 1 aliphatic carbocycles. The fourth-order valence-corrected chi connectivity index (χ4v) is 2.56. The smallest absolute Gasteiger partial charge is 0.396 e. The number of alkyl halides is 3. The highest BCUT2D eigenvalue weighted by Crippen LogP contribution is 2.33. The maximum atomic E-state index is 12.6. The van der Waals surface area contributed by atoms with Gasteiger partial charge in [0.1, 0.15) is 5.69 Å². The van der Waals surface area contributed by atoms with Crippen LogP contribution in [0.15, 0.2) is 12.3 Å². The summed E-state index contributed by atoms with van der Waals surface area (Å²) >= 11 is 0. The molecule has 0 spiro atoms. The van der Waals surface area contributed by atoms with Crippen molar-refractivity contribution in [1.29, 1.82) is 0 Å². The SMILES string of the molecule is Nc1cnc(C(F)(F)F)cc1NC1CCCCC1CO. The largest absolute Gasteiger partial charge is 0.433 e. The molecule has 0 amide bonds. The molecule has 2 unspecified atom stereocenters. The molecule has 1 saturated carbocycles. The van der Waals surface area contributed by atoms with E-state index in [-0.39, 0.29) is 29.9 Å². The molecule has 1 aromatic rings. The maximum absolute atomic E-state index is 12.6. The summed E-state index contributed by atoms with van der Waals surface area (Å²) in [4.78, 5) is 3.30. The van der Waals surface area contributed by atoms with E-state index >= 15 is 0 Å². The maximum Gasteiger partial charge on any atom is 0.433 e. The Bertz CT molecular complexity index is 465. The Kier molecular flexibility index (Phi) is 4.37. The number of aliphatic hydroxyl groups is 1. The topological polar surface area (TPSA) is 71.2 Å². The Labute approximate surface area is 115 Å². The van der Waals surface area contributed by atoms with Crippen molar-refractivity contribution in [3.05, 3.63) is 18.0 Å². The molecule has 2 rings (SSSR count). The van der Waals surface area contributed by atoms with Gasteiger partial charge in [0.2, 0.25) is 0 Å². The fraction of sp³-hybridized carbons (Fsp3) is 0.615. The second-order valence-electron chi connectivity index (χ2n) is 5.13. The van der Waals surface area contributed by atoms with Crippen LogP contribution < -0.4 is 11.1 Å². The predicted octanol–water partition coefficient (Wildman–Crippen LogP) is 2.65. The third-order valence-corrected chi connectivity index (χ3v) is 3.71. The van der Waals surface area contributed by atoms with Gasteiger partial charge in [-0.05, 0) is 18.9 Å². The molecular weight excluding hydrogens is 271 g/mol. The summed E-state index contributed by atoms with van der Waals surface area (Å²) in [5.74, 6) is 0.0469. The van der Waals surface area contributed by atoms with Crippen molar-refractivity contribution in [1.82, 2.24) is 4.98 Å². The Balaban J connectivity index is 2.19. The van der Waals surface area contributed by atoms with Gasteiger partial charge in [-0.15, -0.1) is 0 Å². The van der Waals surface area contributed by atoms with Crippen LogP contribution in [0.1, 0.15) is 31.4 Å². The van der Waals surface area contributed by atoms with Gasteiger partial charge >= 0.3 is 6.18 Å². The van der Waals surface area contributed by atoms with Crippen molar-refractivity contribution in [3.8, 4) is 0 Å². The quantitative estimate of drug-likeness (QED) is 0.800. The molecule has 0 aromatic carbocycles. The lowest BCUT2D eigenvalue weighted by molar-refractivity contribution is -0.141. The van der Waals surface area contributed by atoms with Crippen LogP contribution in [0.2, 0.25) is 0 Å². The molecule has 1 heterocycles. The first-order valence-electron chi connectivity index (χ1n) is 6.62. The molecule has 20 heavy (non-hydrogen) atoms. The third-order valence-electron chi connectivity index (χ3n) is 3.71. The number of rotatable bonds is 3. The van der Waals surface area contributed by atoms with Crippen LogP contribution in [-0.2, 0) is 6.18 Å².